The minimum Gasteiger partial charge on any atom is -0.356 e. The summed E-state index contributed by atoms with van der Waals surface area (Å²) in [5, 5.41) is 2.90. The minimum absolute atomic E-state index is 0.0926. The van der Waals surface area contributed by atoms with Crippen LogP contribution in [-0.4, -0.2) is 19.0 Å². The molecule has 1 aliphatic rings. The maximum atomic E-state index is 11.4. The lowest BCUT2D eigenvalue weighted by Gasteiger charge is -2.29. The van der Waals surface area contributed by atoms with Gasteiger partial charge in [0.1, 0.15) is 0 Å². The SMILES string of the molecule is CCCC1(CN)CCCNC(=O)C1. The third-order valence-electron chi connectivity index (χ3n) is 2.95. The van der Waals surface area contributed by atoms with Crippen molar-refractivity contribution in [3.8, 4) is 0 Å². The van der Waals surface area contributed by atoms with E-state index in [0.29, 0.717) is 13.0 Å². The van der Waals surface area contributed by atoms with E-state index in [9.17, 15) is 4.79 Å². The van der Waals surface area contributed by atoms with Crippen LogP contribution in [0.4, 0.5) is 0 Å². The molecule has 1 saturated heterocycles. The van der Waals surface area contributed by atoms with Crippen LogP contribution in [0.5, 0.6) is 0 Å². The van der Waals surface area contributed by atoms with Crippen LogP contribution in [0.2, 0.25) is 0 Å². The molecule has 0 bridgehead atoms. The van der Waals surface area contributed by atoms with E-state index in [1.807, 2.05) is 0 Å². The van der Waals surface area contributed by atoms with Crippen molar-refractivity contribution < 1.29 is 4.79 Å². The predicted molar refractivity (Wildman–Crippen MR) is 53.3 cm³/mol. The van der Waals surface area contributed by atoms with Gasteiger partial charge in [-0.05, 0) is 31.2 Å². The molecule has 3 N–H and O–H groups in total. The van der Waals surface area contributed by atoms with Crippen LogP contribution in [0.3, 0.4) is 0 Å². The van der Waals surface area contributed by atoms with E-state index in [-0.39, 0.29) is 11.3 Å². The average molecular weight is 184 g/mol. The maximum absolute atomic E-state index is 11.4. The van der Waals surface area contributed by atoms with E-state index < -0.39 is 0 Å². The van der Waals surface area contributed by atoms with E-state index in [1.54, 1.807) is 0 Å². The summed E-state index contributed by atoms with van der Waals surface area (Å²) in [5.74, 6) is 0.177. The van der Waals surface area contributed by atoms with Crippen LogP contribution < -0.4 is 11.1 Å². The van der Waals surface area contributed by atoms with Gasteiger partial charge < -0.3 is 11.1 Å². The lowest BCUT2D eigenvalue weighted by Crippen LogP contribution is -2.33. The second-order valence-corrected chi connectivity index (χ2v) is 4.08. The second-order valence-electron chi connectivity index (χ2n) is 4.08. The molecule has 0 aliphatic carbocycles. The second kappa shape index (κ2) is 4.61. The van der Waals surface area contributed by atoms with Crippen LogP contribution in [-0.2, 0) is 4.79 Å². The number of carbonyl (C=O) groups excluding carboxylic acids is 1. The normalized spacial score (nSPS) is 29.5. The number of nitrogens with two attached hydrogens (primary N) is 1. The van der Waals surface area contributed by atoms with Crippen LogP contribution in [0, 0.1) is 5.41 Å². The van der Waals surface area contributed by atoms with E-state index >= 15 is 0 Å². The summed E-state index contributed by atoms with van der Waals surface area (Å²) in [4.78, 5) is 11.4. The van der Waals surface area contributed by atoms with E-state index in [2.05, 4.69) is 12.2 Å². The molecule has 76 valence electrons. The lowest BCUT2D eigenvalue weighted by atomic mass is 9.77. The summed E-state index contributed by atoms with van der Waals surface area (Å²) in [7, 11) is 0. The third-order valence-corrected chi connectivity index (χ3v) is 2.95. The van der Waals surface area contributed by atoms with Crippen LogP contribution in [0.1, 0.15) is 39.0 Å². The Morgan fingerprint density at radius 2 is 2.38 bits per heavy atom. The van der Waals surface area contributed by atoms with Crippen molar-refractivity contribution >= 4 is 5.91 Å². The first-order valence-corrected chi connectivity index (χ1v) is 5.19. The first-order valence-electron chi connectivity index (χ1n) is 5.19. The molecule has 13 heavy (non-hydrogen) atoms. The zero-order valence-corrected chi connectivity index (χ0v) is 8.44. The number of hydrogen-bond acceptors (Lipinski definition) is 2. The minimum atomic E-state index is 0.0926. The Hall–Kier alpha value is -0.570. The Morgan fingerprint density at radius 1 is 1.62 bits per heavy atom. The number of hydrogen-bond donors (Lipinski definition) is 2. The van der Waals surface area contributed by atoms with E-state index in [1.165, 1.54) is 0 Å². The maximum Gasteiger partial charge on any atom is 0.220 e. The van der Waals surface area contributed by atoms with Gasteiger partial charge in [0.15, 0.2) is 0 Å². The van der Waals surface area contributed by atoms with Crippen molar-refractivity contribution in [1.29, 1.82) is 0 Å². The molecule has 3 nitrogen and oxygen atoms in total. The Morgan fingerprint density at radius 3 is 3.00 bits per heavy atom. The fourth-order valence-electron chi connectivity index (χ4n) is 2.20. The molecule has 0 aromatic carbocycles. The highest BCUT2D eigenvalue weighted by atomic mass is 16.1. The first-order chi connectivity index (χ1) is 6.22. The summed E-state index contributed by atoms with van der Waals surface area (Å²) in [5.41, 5.74) is 5.87. The van der Waals surface area contributed by atoms with Crippen molar-refractivity contribution in [3.05, 3.63) is 0 Å². The number of nitrogens with one attached hydrogen (secondary N) is 1. The molecule has 0 aromatic rings. The van der Waals surface area contributed by atoms with Gasteiger partial charge in [-0.2, -0.15) is 0 Å². The number of rotatable bonds is 3. The molecule has 1 aliphatic heterocycles. The Balaban J connectivity index is 2.64. The molecule has 1 amide bonds. The summed E-state index contributed by atoms with van der Waals surface area (Å²) in [6.07, 6.45) is 4.98. The Labute approximate surface area is 80.1 Å². The largest absolute Gasteiger partial charge is 0.356 e. The van der Waals surface area contributed by atoms with Gasteiger partial charge in [-0.15, -0.1) is 0 Å². The molecule has 3 heteroatoms. The van der Waals surface area contributed by atoms with Gasteiger partial charge in [-0.25, -0.2) is 0 Å². The van der Waals surface area contributed by atoms with Gasteiger partial charge in [0, 0.05) is 13.0 Å². The summed E-state index contributed by atoms with van der Waals surface area (Å²) in [6, 6.07) is 0. The fourth-order valence-corrected chi connectivity index (χ4v) is 2.20. The van der Waals surface area contributed by atoms with Crippen molar-refractivity contribution in [2.45, 2.75) is 39.0 Å². The summed E-state index contributed by atoms with van der Waals surface area (Å²) in [6.45, 7) is 3.62. The zero-order valence-electron chi connectivity index (χ0n) is 8.44. The smallest absolute Gasteiger partial charge is 0.220 e. The first kappa shape index (κ1) is 10.5. The quantitative estimate of drug-likeness (QED) is 0.688. The van der Waals surface area contributed by atoms with Crippen molar-refractivity contribution in [3.63, 3.8) is 0 Å². The Kier molecular flexibility index (Phi) is 3.72. The molecule has 1 atom stereocenters. The van der Waals surface area contributed by atoms with Crippen LogP contribution in [0.15, 0.2) is 0 Å². The van der Waals surface area contributed by atoms with Crippen LogP contribution >= 0.6 is 0 Å². The highest BCUT2D eigenvalue weighted by molar-refractivity contribution is 5.76. The number of amides is 1. The van der Waals surface area contributed by atoms with Crippen molar-refractivity contribution in [2.24, 2.45) is 11.1 Å². The Bertz CT molecular complexity index is 182. The van der Waals surface area contributed by atoms with Crippen LogP contribution in [0.25, 0.3) is 0 Å². The van der Waals surface area contributed by atoms with Crippen molar-refractivity contribution in [1.82, 2.24) is 5.32 Å². The monoisotopic (exact) mass is 184 g/mol. The van der Waals surface area contributed by atoms with E-state index in [4.69, 9.17) is 5.73 Å². The molecule has 1 fully saturated rings. The molecule has 0 spiro atoms. The third kappa shape index (κ3) is 2.69. The van der Waals surface area contributed by atoms with Gasteiger partial charge in [-0.1, -0.05) is 13.3 Å². The molecule has 1 rings (SSSR count). The predicted octanol–water partition coefficient (Wildman–Crippen LogP) is 1.03. The van der Waals surface area contributed by atoms with Gasteiger partial charge in [0.05, 0.1) is 0 Å². The summed E-state index contributed by atoms with van der Waals surface area (Å²) >= 11 is 0. The lowest BCUT2D eigenvalue weighted by molar-refractivity contribution is -0.122. The molecule has 1 unspecified atom stereocenters. The highest BCUT2D eigenvalue weighted by Crippen LogP contribution is 2.33. The van der Waals surface area contributed by atoms with Gasteiger partial charge >= 0.3 is 0 Å². The molecule has 0 radical (unpaired) electrons. The van der Waals surface area contributed by atoms with Gasteiger partial charge in [0.25, 0.3) is 0 Å². The average Bonchev–Trinajstić information content (AvgIpc) is 2.29. The summed E-state index contributed by atoms with van der Waals surface area (Å²) < 4.78 is 0. The highest BCUT2D eigenvalue weighted by Gasteiger charge is 2.31. The fraction of sp³-hybridized carbons (Fsp3) is 0.900. The van der Waals surface area contributed by atoms with Gasteiger partial charge in [0.2, 0.25) is 5.91 Å². The molecular weight excluding hydrogens is 164 g/mol. The van der Waals surface area contributed by atoms with Gasteiger partial charge in [-0.3, -0.25) is 4.79 Å². The molecule has 0 saturated carbocycles. The molecular formula is C10H20N2O. The number of carbonyl (C=O) groups is 1. The zero-order chi connectivity index (χ0) is 9.73. The van der Waals surface area contributed by atoms with E-state index in [0.717, 1.165) is 32.2 Å². The standard InChI is InChI=1S/C10H20N2O/c1-2-4-10(8-11)5-3-6-12-9(13)7-10/h2-8,11H2,1H3,(H,12,13). The molecule has 1 heterocycles. The molecule has 0 aromatic heterocycles. The van der Waals surface area contributed by atoms with Crippen molar-refractivity contribution in [2.75, 3.05) is 13.1 Å². The topological polar surface area (TPSA) is 55.1 Å².